The number of rotatable bonds is 9. The summed E-state index contributed by atoms with van der Waals surface area (Å²) in [4.78, 5) is 56.0. The standard InChI is InChI=1S/C21H26IN5O5/c1-11(2)19(21(31)25-10-18(29)32-4)27-17(28)9-24-20(30)15-7-13(22)5-6-14(15)16-8-23-12(3)26-16/h5-8,11,19H,9-10H2,1-4H3,(H,23,26)(H,24,30)(H,25,31)(H,27,28)/t19-/m0/s1. The van der Waals surface area contributed by atoms with Crippen LogP contribution in [-0.4, -0.2) is 59.9 Å². The Bertz CT molecular complexity index is 1000. The molecule has 1 aromatic heterocycles. The minimum absolute atomic E-state index is 0.238. The van der Waals surface area contributed by atoms with Gasteiger partial charge in [-0.1, -0.05) is 19.9 Å². The maximum Gasteiger partial charge on any atom is 0.325 e. The Balaban J connectivity index is 2.03. The summed E-state index contributed by atoms with van der Waals surface area (Å²) < 4.78 is 5.35. The molecule has 0 spiro atoms. The molecule has 1 atom stereocenters. The molecule has 0 unspecified atom stereocenters. The van der Waals surface area contributed by atoms with Crippen LogP contribution in [0, 0.1) is 16.4 Å². The van der Waals surface area contributed by atoms with E-state index in [-0.39, 0.29) is 19.0 Å². The molecule has 2 aromatic rings. The largest absolute Gasteiger partial charge is 0.468 e. The zero-order valence-electron chi connectivity index (χ0n) is 18.2. The lowest BCUT2D eigenvalue weighted by Gasteiger charge is -2.21. The minimum Gasteiger partial charge on any atom is -0.468 e. The summed E-state index contributed by atoms with van der Waals surface area (Å²) in [5, 5.41) is 7.60. The number of carbonyl (C=O) groups excluding carboxylic acids is 4. The summed E-state index contributed by atoms with van der Waals surface area (Å²) in [6.07, 6.45) is 1.64. The van der Waals surface area contributed by atoms with E-state index in [4.69, 9.17) is 0 Å². The molecule has 11 heteroatoms. The highest BCUT2D eigenvalue weighted by Crippen LogP contribution is 2.24. The lowest BCUT2D eigenvalue weighted by atomic mass is 10.0. The van der Waals surface area contributed by atoms with Crippen LogP contribution in [0.3, 0.4) is 0 Å². The van der Waals surface area contributed by atoms with Crippen molar-refractivity contribution in [2.45, 2.75) is 26.8 Å². The van der Waals surface area contributed by atoms with Gasteiger partial charge >= 0.3 is 5.97 Å². The monoisotopic (exact) mass is 555 g/mol. The second-order valence-electron chi connectivity index (χ2n) is 7.34. The molecule has 0 bridgehead atoms. The fourth-order valence-corrected chi connectivity index (χ4v) is 3.34. The highest BCUT2D eigenvalue weighted by molar-refractivity contribution is 14.1. The second kappa shape index (κ2) is 11.6. The summed E-state index contributed by atoms with van der Waals surface area (Å²) >= 11 is 2.10. The van der Waals surface area contributed by atoms with E-state index in [1.807, 2.05) is 19.1 Å². The number of H-pyrrole nitrogens is 1. The van der Waals surface area contributed by atoms with Gasteiger partial charge in [-0.2, -0.15) is 0 Å². The number of methoxy groups -OCH3 is 1. The van der Waals surface area contributed by atoms with E-state index in [0.717, 1.165) is 9.39 Å². The van der Waals surface area contributed by atoms with Gasteiger partial charge in [-0.25, -0.2) is 4.98 Å². The van der Waals surface area contributed by atoms with Crippen molar-refractivity contribution in [2.75, 3.05) is 20.2 Å². The van der Waals surface area contributed by atoms with E-state index < -0.39 is 29.7 Å². The molecule has 0 fully saturated rings. The van der Waals surface area contributed by atoms with E-state index in [9.17, 15) is 19.2 Å². The van der Waals surface area contributed by atoms with Gasteiger partial charge in [0.2, 0.25) is 11.8 Å². The molecule has 0 aliphatic heterocycles. The van der Waals surface area contributed by atoms with E-state index in [1.54, 1.807) is 26.1 Å². The number of ether oxygens (including phenoxy) is 1. The fraction of sp³-hybridized carbons (Fsp3) is 0.381. The first kappa shape index (κ1) is 25.3. The van der Waals surface area contributed by atoms with E-state index in [1.165, 1.54) is 7.11 Å². The van der Waals surface area contributed by atoms with Crippen LogP contribution in [0.15, 0.2) is 24.4 Å². The molecule has 2 rings (SSSR count). The SMILES string of the molecule is COC(=O)CNC(=O)[C@@H](NC(=O)CNC(=O)c1cc(I)ccc1-c1cnc(C)[nH]1)C(C)C. The summed E-state index contributed by atoms with van der Waals surface area (Å²) in [5.74, 6) is -1.60. The quantitative estimate of drug-likeness (QED) is 0.270. The van der Waals surface area contributed by atoms with Gasteiger partial charge < -0.3 is 25.7 Å². The number of halogens is 1. The van der Waals surface area contributed by atoms with Crippen LogP contribution in [0.2, 0.25) is 0 Å². The van der Waals surface area contributed by atoms with Crippen molar-refractivity contribution < 1.29 is 23.9 Å². The number of aryl methyl sites for hydroxylation is 1. The molecule has 172 valence electrons. The number of imidazole rings is 1. The lowest BCUT2D eigenvalue weighted by Crippen LogP contribution is -2.52. The molecule has 0 aliphatic carbocycles. The van der Waals surface area contributed by atoms with E-state index in [0.29, 0.717) is 16.8 Å². The van der Waals surface area contributed by atoms with Crippen LogP contribution in [0.1, 0.15) is 30.0 Å². The molecular weight excluding hydrogens is 529 g/mol. The first-order valence-corrected chi connectivity index (χ1v) is 10.9. The Labute approximate surface area is 199 Å². The summed E-state index contributed by atoms with van der Waals surface area (Å²) in [5.41, 5.74) is 1.74. The molecule has 4 N–H and O–H groups in total. The molecule has 1 aromatic carbocycles. The van der Waals surface area contributed by atoms with Crippen LogP contribution in [0.5, 0.6) is 0 Å². The van der Waals surface area contributed by atoms with Gasteiger partial charge in [0.1, 0.15) is 18.4 Å². The maximum atomic E-state index is 12.8. The summed E-state index contributed by atoms with van der Waals surface area (Å²) in [6.45, 7) is 4.71. The number of nitrogens with one attached hydrogen (secondary N) is 4. The number of hydrogen-bond donors (Lipinski definition) is 4. The average Bonchev–Trinajstić information content (AvgIpc) is 3.19. The van der Waals surface area contributed by atoms with Crippen molar-refractivity contribution in [3.63, 3.8) is 0 Å². The molecule has 32 heavy (non-hydrogen) atoms. The molecule has 0 saturated carbocycles. The van der Waals surface area contributed by atoms with Gasteiger partial charge in [-0.3, -0.25) is 19.2 Å². The molecular formula is C21H26IN5O5. The third-order valence-electron chi connectivity index (χ3n) is 4.53. The normalized spacial score (nSPS) is 11.6. The highest BCUT2D eigenvalue weighted by Gasteiger charge is 2.25. The van der Waals surface area contributed by atoms with Crippen molar-refractivity contribution >= 4 is 46.3 Å². The second-order valence-corrected chi connectivity index (χ2v) is 8.58. The Morgan fingerprint density at radius 2 is 1.88 bits per heavy atom. The first-order valence-electron chi connectivity index (χ1n) is 9.86. The fourth-order valence-electron chi connectivity index (χ4n) is 2.85. The molecule has 3 amide bonds. The summed E-state index contributed by atoms with van der Waals surface area (Å²) in [6, 6.07) is 4.53. The van der Waals surface area contributed by atoms with Crippen LogP contribution >= 0.6 is 22.6 Å². The van der Waals surface area contributed by atoms with Crippen molar-refractivity contribution in [3.8, 4) is 11.3 Å². The van der Waals surface area contributed by atoms with Crippen LogP contribution in [0.4, 0.5) is 0 Å². The maximum absolute atomic E-state index is 12.8. The molecule has 0 saturated heterocycles. The molecule has 1 heterocycles. The van der Waals surface area contributed by atoms with Gasteiger partial charge in [-0.05, 0) is 47.6 Å². The van der Waals surface area contributed by atoms with Gasteiger partial charge in [0.25, 0.3) is 5.91 Å². The van der Waals surface area contributed by atoms with Crippen molar-refractivity contribution in [1.29, 1.82) is 0 Å². The molecule has 10 nitrogen and oxygen atoms in total. The van der Waals surface area contributed by atoms with Gasteiger partial charge in [0, 0.05) is 14.7 Å². The third-order valence-corrected chi connectivity index (χ3v) is 5.20. The predicted molar refractivity (Wildman–Crippen MR) is 126 cm³/mol. The number of amides is 3. The smallest absolute Gasteiger partial charge is 0.325 e. The number of hydrogen-bond acceptors (Lipinski definition) is 6. The number of aromatic amines is 1. The zero-order valence-corrected chi connectivity index (χ0v) is 20.4. The number of benzene rings is 1. The van der Waals surface area contributed by atoms with Crippen molar-refractivity contribution in [2.24, 2.45) is 5.92 Å². The Kier molecular flexibility index (Phi) is 9.17. The van der Waals surface area contributed by atoms with Crippen molar-refractivity contribution in [1.82, 2.24) is 25.9 Å². The van der Waals surface area contributed by atoms with Crippen LogP contribution in [0.25, 0.3) is 11.3 Å². The number of esters is 1. The first-order chi connectivity index (χ1) is 15.1. The Morgan fingerprint density at radius 3 is 2.47 bits per heavy atom. The zero-order chi connectivity index (χ0) is 23.8. The number of aromatic nitrogens is 2. The van der Waals surface area contributed by atoms with Gasteiger partial charge in [-0.15, -0.1) is 0 Å². The highest BCUT2D eigenvalue weighted by atomic mass is 127. The topological polar surface area (TPSA) is 142 Å². The van der Waals surface area contributed by atoms with Crippen LogP contribution in [-0.2, 0) is 19.1 Å². The predicted octanol–water partition coefficient (Wildman–Crippen LogP) is 1.15. The Hall–Kier alpha value is -2.96. The minimum atomic E-state index is -0.870. The molecule has 0 radical (unpaired) electrons. The van der Waals surface area contributed by atoms with E-state index >= 15 is 0 Å². The average molecular weight is 555 g/mol. The van der Waals surface area contributed by atoms with Crippen LogP contribution < -0.4 is 16.0 Å². The van der Waals surface area contributed by atoms with Gasteiger partial charge in [0.15, 0.2) is 0 Å². The lowest BCUT2D eigenvalue weighted by molar-refractivity contribution is -0.141. The summed E-state index contributed by atoms with van der Waals surface area (Å²) in [7, 11) is 1.21. The number of carbonyl (C=O) groups is 4. The molecule has 0 aliphatic rings. The Morgan fingerprint density at radius 1 is 1.16 bits per heavy atom. The van der Waals surface area contributed by atoms with E-state index in [2.05, 4.69) is 53.2 Å². The third kappa shape index (κ3) is 7.04. The van der Waals surface area contributed by atoms with Gasteiger partial charge in [0.05, 0.1) is 25.5 Å². The number of nitrogens with zero attached hydrogens (tertiary/aromatic N) is 1. The van der Waals surface area contributed by atoms with Crippen molar-refractivity contribution in [3.05, 3.63) is 39.4 Å².